The Hall–Kier alpha value is -0.610. The van der Waals surface area contributed by atoms with Gasteiger partial charge in [0.15, 0.2) is 0 Å². The largest absolute Gasteiger partial charge is 0.462 e. The second-order valence-electron chi connectivity index (χ2n) is 5.85. The van der Waals surface area contributed by atoms with Gasteiger partial charge in [-0.2, -0.15) is 0 Å². The third-order valence-electron chi connectivity index (χ3n) is 4.32. The molecule has 1 saturated carbocycles. The summed E-state index contributed by atoms with van der Waals surface area (Å²) < 4.78 is 5.66. The molecule has 1 aliphatic heterocycles. The number of nitrogens with two attached hydrogens (primary N) is 1. The third-order valence-corrected chi connectivity index (χ3v) is 4.32. The molecule has 2 rings (SSSR count). The summed E-state index contributed by atoms with van der Waals surface area (Å²) in [5.41, 5.74) is 6.10. The molecule has 0 aromatic rings. The van der Waals surface area contributed by atoms with Crippen LogP contribution < -0.4 is 5.73 Å². The molecule has 2 unspecified atom stereocenters. The molecular weight excluding hydrogens is 228 g/mol. The van der Waals surface area contributed by atoms with E-state index in [1.165, 1.54) is 6.42 Å². The van der Waals surface area contributed by atoms with Gasteiger partial charge in [-0.05, 0) is 32.7 Å². The van der Waals surface area contributed by atoms with Crippen LogP contribution >= 0.6 is 0 Å². The first-order valence-corrected chi connectivity index (χ1v) is 7.31. The van der Waals surface area contributed by atoms with E-state index in [-0.39, 0.29) is 24.0 Å². The number of likely N-dealkylation sites (tertiary alicyclic amines) is 1. The minimum absolute atomic E-state index is 0.00580. The first kappa shape index (κ1) is 13.8. The summed E-state index contributed by atoms with van der Waals surface area (Å²) in [6, 6.07) is 0.00580. The summed E-state index contributed by atoms with van der Waals surface area (Å²) in [5, 5.41) is 0. The summed E-state index contributed by atoms with van der Waals surface area (Å²) in [4.78, 5) is 14.5. The van der Waals surface area contributed by atoms with Crippen molar-refractivity contribution in [1.82, 2.24) is 4.90 Å². The van der Waals surface area contributed by atoms with Crippen LogP contribution in [0, 0.1) is 5.92 Å². The van der Waals surface area contributed by atoms with Crippen LogP contribution in [0.2, 0.25) is 0 Å². The molecule has 0 spiro atoms. The van der Waals surface area contributed by atoms with Crippen molar-refractivity contribution in [2.45, 2.75) is 57.1 Å². The summed E-state index contributed by atoms with van der Waals surface area (Å²) in [5.74, 6) is -0.105. The van der Waals surface area contributed by atoms with Crippen LogP contribution in [-0.4, -0.2) is 43.2 Å². The van der Waals surface area contributed by atoms with Crippen LogP contribution in [0.5, 0.6) is 0 Å². The Morgan fingerprint density at radius 2 is 1.78 bits per heavy atom. The fourth-order valence-corrected chi connectivity index (χ4v) is 2.98. The molecule has 4 nitrogen and oxygen atoms in total. The van der Waals surface area contributed by atoms with Gasteiger partial charge in [0.1, 0.15) is 6.10 Å². The molecular formula is C14H26N2O2. The Balaban J connectivity index is 1.82. The lowest BCUT2D eigenvalue weighted by Crippen LogP contribution is -2.40. The number of hydrogen-bond donors (Lipinski definition) is 1. The van der Waals surface area contributed by atoms with Crippen molar-refractivity contribution >= 4 is 5.97 Å². The predicted molar refractivity (Wildman–Crippen MR) is 71.2 cm³/mol. The molecule has 2 fully saturated rings. The fourth-order valence-electron chi connectivity index (χ4n) is 2.98. The van der Waals surface area contributed by atoms with Crippen molar-refractivity contribution in [2.75, 3.05) is 20.1 Å². The third kappa shape index (κ3) is 3.69. The Bertz CT molecular complexity index is 275. The van der Waals surface area contributed by atoms with E-state index in [4.69, 9.17) is 10.5 Å². The van der Waals surface area contributed by atoms with Crippen molar-refractivity contribution in [2.24, 2.45) is 11.7 Å². The molecule has 0 amide bonds. The molecule has 0 radical (unpaired) electrons. The monoisotopic (exact) mass is 254 g/mol. The van der Waals surface area contributed by atoms with Crippen molar-refractivity contribution in [3.05, 3.63) is 0 Å². The normalized spacial score (nSPS) is 31.9. The highest BCUT2D eigenvalue weighted by Gasteiger charge is 2.30. The zero-order chi connectivity index (χ0) is 13.0. The number of ether oxygens (including phenoxy) is 1. The topological polar surface area (TPSA) is 55.6 Å². The SMILES string of the molecule is CN1CCC(OC(=O)C2CCCCCC2N)CC1. The van der Waals surface area contributed by atoms with E-state index in [2.05, 4.69) is 11.9 Å². The molecule has 0 bridgehead atoms. The number of carbonyl (C=O) groups is 1. The Kier molecular flexibility index (Phi) is 5.01. The van der Waals surface area contributed by atoms with Crippen molar-refractivity contribution in [3.8, 4) is 0 Å². The van der Waals surface area contributed by atoms with Crippen LogP contribution in [0.15, 0.2) is 0 Å². The summed E-state index contributed by atoms with van der Waals surface area (Å²) >= 11 is 0. The number of esters is 1. The van der Waals surface area contributed by atoms with E-state index in [0.717, 1.165) is 51.6 Å². The zero-order valence-corrected chi connectivity index (χ0v) is 11.4. The highest BCUT2D eigenvalue weighted by atomic mass is 16.5. The fraction of sp³-hybridized carbons (Fsp3) is 0.929. The van der Waals surface area contributed by atoms with Gasteiger partial charge in [0.2, 0.25) is 0 Å². The van der Waals surface area contributed by atoms with Gasteiger partial charge in [-0.15, -0.1) is 0 Å². The average Bonchev–Trinajstić information content (AvgIpc) is 2.57. The minimum Gasteiger partial charge on any atom is -0.462 e. The average molecular weight is 254 g/mol. The maximum atomic E-state index is 12.2. The quantitative estimate of drug-likeness (QED) is 0.600. The van der Waals surface area contributed by atoms with E-state index in [1.807, 2.05) is 0 Å². The van der Waals surface area contributed by atoms with Gasteiger partial charge < -0.3 is 15.4 Å². The molecule has 104 valence electrons. The second-order valence-corrected chi connectivity index (χ2v) is 5.85. The Labute approximate surface area is 110 Å². The van der Waals surface area contributed by atoms with Gasteiger partial charge in [-0.25, -0.2) is 0 Å². The van der Waals surface area contributed by atoms with E-state index in [9.17, 15) is 4.79 Å². The molecule has 0 aromatic carbocycles. The summed E-state index contributed by atoms with van der Waals surface area (Å²) in [6.07, 6.45) is 7.38. The molecule has 1 aliphatic carbocycles. The minimum atomic E-state index is -0.0628. The lowest BCUT2D eigenvalue weighted by molar-refractivity contribution is -0.157. The van der Waals surface area contributed by atoms with Gasteiger partial charge >= 0.3 is 5.97 Å². The number of rotatable bonds is 2. The number of piperidine rings is 1. The van der Waals surface area contributed by atoms with Crippen LogP contribution in [0.4, 0.5) is 0 Å². The summed E-state index contributed by atoms with van der Waals surface area (Å²) in [7, 11) is 2.11. The molecule has 18 heavy (non-hydrogen) atoms. The van der Waals surface area contributed by atoms with Crippen LogP contribution in [0.1, 0.15) is 44.9 Å². The summed E-state index contributed by atoms with van der Waals surface area (Å²) in [6.45, 7) is 2.04. The van der Waals surface area contributed by atoms with Gasteiger partial charge in [-0.1, -0.05) is 19.3 Å². The van der Waals surface area contributed by atoms with Crippen LogP contribution in [0.25, 0.3) is 0 Å². The van der Waals surface area contributed by atoms with E-state index in [0.29, 0.717) is 0 Å². The Morgan fingerprint density at radius 1 is 1.11 bits per heavy atom. The first-order valence-electron chi connectivity index (χ1n) is 7.31. The molecule has 2 aliphatic rings. The van der Waals surface area contributed by atoms with Gasteiger partial charge in [0, 0.05) is 19.1 Å². The molecule has 4 heteroatoms. The highest BCUT2D eigenvalue weighted by molar-refractivity contribution is 5.73. The van der Waals surface area contributed by atoms with E-state index in [1.54, 1.807) is 0 Å². The number of nitrogens with zero attached hydrogens (tertiary/aromatic N) is 1. The molecule has 1 saturated heterocycles. The van der Waals surface area contributed by atoms with Crippen molar-refractivity contribution in [1.29, 1.82) is 0 Å². The van der Waals surface area contributed by atoms with E-state index >= 15 is 0 Å². The molecule has 2 atom stereocenters. The second kappa shape index (κ2) is 6.53. The van der Waals surface area contributed by atoms with E-state index < -0.39 is 0 Å². The van der Waals surface area contributed by atoms with Crippen LogP contribution in [-0.2, 0) is 9.53 Å². The van der Waals surface area contributed by atoms with Crippen molar-refractivity contribution < 1.29 is 9.53 Å². The lowest BCUT2D eigenvalue weighted by Gasteiger charge is -2.30. The zero-order valence-electron chi connectivity index (χ0n) is 11.4. The van der Waals surface area contributed by atoms with Crippen molar-refractivity contribution in [3.63, 3.8) is 0 Å². The van der Waals surface area contributed by atoms with Gasteiger partial charge in [-0.3, -0.25) is 4.79 Å². The standard InChI is InChI=1S/C14H26N2O2/c1-16-9-7-11(8-10-16)18-14(17)12-5-3-2-4-6-13(12)15/h11-13H,2-10,15H2,1H3. The highest BCUT2D eigenvalue weighted by Crippen LogP contribution is 2.24. The van der Waals surface area contributed by atoms with Gasteiger partial charge in [0.05, 0.1) is 5.92 Å². The smallest absolute Gasteiger partial charge is 0.310 e. The number of hydrogen-bond acceptors (Lipinski definition) is 4. The maximum Gasteiger partial charge on any atom is 0.310 e. The molecule has 2 N–H and O–H groups in total. The Morgan fingerprint density at radius 3 is 2.50 bits per heavy atom. The van der Waals surface area contributed by atoms with Gasteiger partial charge in [0.25, 0.3) is 0 Å². The van der Waals surface area contributed by atoms with Crippen LogP contribution in [0.3, 0.4) is 0 Å². The predicted octanol–water partition coefficient (Wildman–Crippen LogP) is 1.53. The number of carbonyl (C=O) groups excluding carboxylic acids is 1. The lowest BCUT2D eigenvalue weighted by atomic mass is 9.95. The maximum absolute atomic E-state index is 12.2. The molecule has 0 aromatic heterocycles. The first-order chi connectivity index (χ1) is 8.66. The molecule has 1 heterocycles.